The molecule has 1 rings (SSSR count). The predicted molar refractivity (Wildman–Crippen MR) is 144 cm³/mol. The summed E-state index contributed by atoms with van der Waals surface area (Å²) in [6.07, 6.45) is 0.775. The van der Waals surface area contributed by atoms with Gasteiger partial charge in [-0.05, 0) is 37.2 Å². The van der Waals surface area contributed by atoms with Gasteiger partial charge in [0, 0.05) is 30.0 Å². The molecule has 0 saturated heterocycles. The molecule has 1 aromatic carbocycles. The van der Waals surface area contributed by atoms with Gasteiger partial charge in [-0.1, -0.05) is 62.1 Å². The number of hydrogen-bond donors (Lipinski definition) is 3. The fourth-order valence-electron chi connectivity index (χ4n) is 2.27. The molecule has 9 heteroatoms. The van der Waals surface area contributed by atoms with Crippen LogP contribution >= 0.6 is 21.6 Å². The van der Waals surface area contributed by atoms with Gasteiger partial charge in [-0.25, -0.2) is 0 Å². The molecule has 34 heavy (non-hydrogen) atoms. The zero-order valence-corrected chi connectivity index (χ0v) is 23.0. The summed E-state index contributed by atoms with van der Waals surface area (Å²) in [7, 11) is 5.09. The summed E-state index contributed by atoms with van der Waals surface area (Å²) in [4.78, 5) is 24.7. The van der Waals surface area contributed by atoms with Crippen LogP contribution in [-0.4, -0.2) is 63.8 Å². The van der Waals surface area contributed by atoms with Gasteiger partial charge in [0.25, 0.3) is 5.91 Å². The predicted octanol–water partition coefficient (Wildman–Crippen LogP) is 3.95. The van der Waals surface area contributed by atoms with Gasteiger partial charge >= 0.3 is 0 Å². The molecule has 1 aromatic rings. The van der Waals surface area contributed by atoms with Crippen molar-refractivity contribution < 1.29 is 19.1 Å². The van der Waals surface area contributed by atoms with E-state index in [9.17, 15) is 9.59 Å². The van der Waals surface area contributed by atoms with Gasteiger partial charge < -0.3 is 25.4 Å². The fraction of sp³-hybridized carbons (Fsp3) is 0.600. The van der Waals surface area contributed by atoms with Gasteiger partial charge in [0.05, 0.1) is 19.8 Å². The van der Waals surface area contributed by atoms with Crippen molar-refractivity contribution in [1.29, 1.82) is 0 Å². The van der Waals surface area contributed by atoms with Crippen molar-refractivity contribution in [1.82, 2.24) is 16.0 Å². The van der Waals surface area contributed by atoms with Crippen LogP contribution in [0.15, 0.2) is 29.2 Å². The molecule has 192 valence electrons. The van der Waals surface area contributed by atoms with Crippen LogP contribution in [0.5, 0.6) is 0 Å². The lowest BCUT2D eigenvalue weighted by atomic mass is 10.2. The van der Waals surface area contributed by atoms with Crippen LogP contribution in [0.4, 0.5) is 0 Å². The Bertz CT molecular complexity index is 734. The molecular formula is C25H41N3O4S2. The second kappa shape index (κ2) is 21.8. The first-order valence-corrected chi connectivity index (χ1v) is 14.0. The Morgan fingerprint density at radius 1 is 1.03 bits per heavy atom. The Morgan fingerprint density at radius 2 is 1.74 bits per heavy atom. The molecule has 0 aromatic heterocycles. The van der Waals surface area contributed by atoms with Crippen molar-refractivity contribution in [3.05, 3.63) is 29.8 Å². The molecule has 7 nitrogen and oxygen atoms in total. The number of amides is 2. The monoisotopic (exact) mass is 511 g/mol. The molecule has 0 fully saturated rings. The maximum absolute atomic E-state index is 12.1. The largest absolute Gasteiger partial charge is 0.369 e. The maximum Gasteiger partial charge on any atom is 0.251 e. The first-order chi connectivity index (χ1) is 16.5. The van der Waals surface area contributed by atoms with Crippen molar-refractivity contribution in [2.24, 2.45) is 5.92 Å². The number of hydrogen-bond acceptors (Lipinski definition) is 7. The van der Waals surface area contributed by atoms with Crippen LogP contribution in [0.2, 0.25) is 0 Å². The van der Waals surface area contributed by atoms with Gasteiger partial charge in [0.1, 0.15) is 12.0 Å². The minimum Gasteiger partial charge on any atom is -0.369 e. The normalized spacial score (nSPS) is 11.0. The first kappa shape index (κ1) is 32.3. The van der Waals surface area contributed by atoms with Crippen LogP contribution in [0.1, 0.15) is 51.4 Å². The van der Waals surface area contributed by atoms with Crippen LogP contribution in [0.25, 0.3) is 0 Å². The van der Waals surface area contributed by atoms with Gasteiger partial charge in [-0.2, -0.15) is 0 Å². The molecule has 0 aliphatic heterocycles. The first-order valence-electron chi connectivity index (χ1n) is 11.8. The zero-order chi connectivity index (χ0) is 25.6. The lowest BCUT2D eigenvalue weighted by Crippen LogP contribution is -2.30. The third-order valence-electron chi connectivity index (χ3n) is 3.98. The lowest BCUT2D eigenvalue weighted by Gasteiger charge is -2.20. The fourth-order valence-corrected chi connectivity index (χ4v) is 4.88. The number of benzene rings is 1. The smallest absolute Gasteiger partial charge is 0.251 e. The second-order valence-corrected chi connectivity index (χ2v) is 9.46. The van der Waals surface area contributed by atoms with Crippen LogP contribution < -0.4 is 16.0 Å². The van der Waals surface area contributed by atoms with Crippen LogP contribution in [0.3, 0.4) is 0 Å². The van der Waals surface area contributed by atoms with Crippen LogP contribution in [0, 0.1) is 17.8 Å². The quantitative estimate of drug-likeness (QED) is 0.142. The molecular weight excluding hydrogens is 470 g/mol. The number of ether oxygens (including phenoxy) is 2. The van der Waals surface area contributed by atoms with Crippen molar-refractivity contribution in [2.45, 2.75) is 51.4 Å². The summed E-state index contributed by atoms with van der Waals surface area (Å²) in [5.41, 5.74) is 0.622. The standard InChI is InChI=1S/C23H35N3O4S2.C2H6/c1-5-6-7-12-25-21(27)17-29-15-16-30-23(18(2)3)32-31-20-10-8-19(9-11-20)22(28)26-14-13-24-4;1-2/h8-11,18,23-24H,5,12-17H2,1-4H3,(H,25,27)(H,26,28);1-2H3. The van der Waals surface area contributed by atoms with E-state index in [2.05, 4.69) is 41.6 Å². The molecule has 0 aliphatic carbocycles. The van der Waals surface area contributed by atoms with E-state index in [4.69, 9.17) is 9.47 Å². The summed E-state index contributed by atoms with van der Waals surface area (Å²) < 4.78 is 11.3. The van der Waals surface area contributed by atoms with Gasteiger partial charge in [0.2, 0.25) is 5.91 Å². The van der Waals surface area contributed by atoms with E-state index in [0.717, 1.165) is 17.9 Å². The molecule has 0 aliphatic rings. The number of carbonyl (C=O) groups is 2. The number of likely N-dealkylation sites (N-methyl/N-ethyl adjacent to an activating group) is 1. The Balaban J connectivity index is 0.00000529. The molecule has 0 saturated carbocycles. The van der Waals surface area contributed by atoms with E-state index in [0.29, 0.717) is 37.8 Å². The minimum atomic E-state index is -0.181. The Morgan fingerprint density at radius 3 is 2.35 bits per heavy atom. The number of rotatable bonds is 15. The Kier molecular flexibility index (Phi) is 20.7. The summed E-state index contributed by atoms with van der Waals surface area (Å²) in [6.45, 7) is 12.6. The average Bonchev–Trinajstić information content (AvgIpc) is 2.85. The van der Waals surface area contributed by atoms with Crippen molar-refractivity contribution in [3.63, 3.8) is 0 Å². The van der Waals surface area contributed by atoms with E-state index in [1.165, 1.54) is 0 Å². The Labute approximate surface area is 213 Å². The van der Waals surface area contributed by atoms with Crippen LogP contribution in [-0.2, 0) is 14.3 Å². The van der Waals surface area contributed by atoms with Gasteiger partial charge in [-0.15, -0.1) is 5.92 Å². The third kappa shape index (κ3) is 16.0. The highest BCUT2D eigenvalue weighted by Gasteiger charge is 2.16. The van der Waals surface area contributed by atoms with Crippen molar-refractivity contribution in [2.75, 3.05) is 46.5 Å². The highest BCUT2D eigenvalue weighted by molar-refractivity contribution is 8.76. The van der Waals surface area contributed by atoms with E-state index >= 15 is 0 Å². The van der Waals surface area contributed by atoms with E-state index in [-0.39, 0.29) is 23.9 Å². The van der Waals surface area contributed by atoms with Crippen molar-refractivity contribution in [3.8, 4) is 11.8 Å². The second-order valence-electron chi connectivity index (χ2n) is 7.08. The summed E-state index contributed by atoms with van der Waals surface area (Å²) >= 11 is 0. The summed E-state index contributed by atoms with van der Waals surface area (Å²) in [5.74, 6) is 5.80. The van der Waals surface area contributed by atoms with Crippen molar-refractivity contribution >= 4 is 33.4 Å². The molecule has 0 bridgehead atoms. The van der Waals surface area contributed by atoms with Gasteiger partial charge in [-0.3, -0.25) is 9.59 Å². The Hall–Kier alpha value is -1.70. The van der Waals surface area contributed by atoms with E-state index < -0.39 is 0 Å². The molecule has 0 spiro atoms. The lowest BCUT2D eigenvalue weighted by molar-refractivity contribution is -0.126. The molecule has 0 radical (unpaired) electrons. The zero-order valence-electron chi connectivity index (χ0n) is 21.4. The average molecular weight is 512 g/mol. The van der Waals surface area contributed by atoms with Gasteiger partial charge in [0.15, 0.2) is 0 Å². The van der Waals surface area contributed by atoms with E-state index in [1.54, 1.807) is 21.6 Å². The third-order valence-corrected chi connectivity index (χ3v) is 6.85. The molecule has 0 heterocycles. The molecule has 1 atom stereocenters. The number of nitrogens with one attached hydrogen (secondary N) is 3. The summed E-state index contributed by atoms with van der Waals surface area (Å²) in [5, 5.41) is 8.54. The molecule has 1 unspecified atom stereocenters. The highest BCUT2D eigenvalue weighted by atomic mass is 33.1. The van der Waals surface area contributed by atoms with E-state index in [1.807, 2.05) is 52.1 Å². The minimum absolute atomic E-state index is 0.000283. The highest BCUT2D eigenvalue weighted by Crippen LogP contribution is 2.37. The molecule has 3 N–H and O–H groups in total. The topological polar surface area (TPSA) is 88.7 Å². The maximum atomic E-state index is 12.1. The number of carbonyl (C=O) groups excluding carboxylic acids is 2. The SMILES string of the molecule is CC.CCC#CCNC(=O)COCCOC(SSc1ccc(C(=O)NCCNC)cc1)C(C)C. The molecule has 2 amide bonds. The summed E-state index contributed by atoms with van der Waals surface area (Å²) in [6, 6.07) is 7.54.